The summed E-state index contributed by atoms with van der Waals surface area (Å²) in [5.74, 6) is 0. The summed E-state index contributed by atoms with van der Waals surface area (Å²) in [6.07, 6.45) is 2.22. The number of anilines is 1. The molecule has 1 aliphatic rings. The third-order valence-corrected chi connectivity index (χ3v) is 3.64. The average molecular weight is 274 g/mol. The van der Waals surface area contributed by atoms with Crippen molar-refractivity contribution >= 4 is 11.4 Å². The first-order chi connectivity index (χ1) is 9.63. The number of benzene rings is 1. The summed E-state index contributed by atoms with van der Waals surface area (Å²) in [5.41, 5.74) is 0.732. The fourth-order valence-electron chi connectivity index (χ4n) is 2.57. The number of hydrogen-bond acceptors (Lipinski definition) is 5. The molecular weight excluding hydrogens is 256 g/mol. The van der Waals surface area contributed by atoms with E-state index in [2.05, 4.69) is 17.1 Å². The Bertz CT molecular complexity index is 538. The van der Waals surface area contributed by atoms with E-state index in [4.69, 9.17) is 5.26 Å². The van der Waals surface area contributed by atoms with Gasteiger partial charge in [-0.1, -0.05) is 6.92 Å². The van der Waals surface area contributed by atoms with Gasteiger partial charge in [-0.15, -0.1) is 0 Å². The summed E-state index contributed by atoms with van der Waals surface area (Å²) in [4.78, 5) is 12.6. The number of nitro groups is 1. The van der Waals surface area contributed by atoms with E-state index in [0.29, 0.717) is 6.04 Å². The van der Waals surface area contributed by atoms with Crippen molar-refractivity contribution in [1.82, 2.24) is 4.90 Å². The van der Waals surface area contributed by atoms with Gasteiger partial charge in [0.1, 0.15) is 11.6 Å². The van der Waals surface area contributed by atoms with Crippen molar-refractivity contribution in [3.8, 4) is 6.07 Å². The van der Waals surface area contributed by atoms with Crippen LogP contribution in [0.5, 0.6) is 0 Å². The minimum atomic E-state index is -0.526. The summed E-state index contributed by atoms with van der Waals surface area (Å²) in [6.45, 7) is 5.26. The van der Waals surface area contributed by atoms with E-state index in [1.807, 2.05) is 6.07 Å². The Morgan fingerprint density at radius 2 is 2.40 bits per heavy atom. The molecule has 0 bridgehead atoms. The molecule has 1 aromatic rings. The first-order valence-corrected chi connectivity index (χ1v) is 6.81. The van der Waals surface area contributed by atoms with Crippen molar-refractivity contribution in [3.63, 3.8) is 0 Å². The quantitative estimate of drug-likeness (QED) is 0.673. The monoisotopic (exact) mass is 274 g/mol. The van der Waals surface area contributed by atoms with Crippen molar-refractivity contribution in [1.29, 1.82) is 5.26 Å². The molecule has 1 N–H and O–H groups in total. The fourth-order valence-corrected chi connectivity index (χ4v) is 2.57. The lowest BCUT2D eigenvalue weighted by Crippen LogP contribution is -2.41. The van der Waals surface area contributed by atoms with Crippen LogP contribution in [-0.2, 0) is 0 Å². The highest BCUT2D eigenvalue weighted by Gasteiger charge is 2.20. The Morgan fingerprint density at radius 1 is 1.60 bits per heavy atom. The third kappa shape index (κ3) is 3.25. The maximum absolute atomic E-state index is 10.8. The molecule has 0 aromatic heterocycles. The van der Waals surface area contributed by atoms with E-state index < -0.39 is 4.92 Å². The van der Waals surface area contributed by atoms with Crippen molar-refractivity contribution in [2.45, 2.75) is 25.8 Å². The number of nitrogens with one attached hydrogen (secondary N) is 1. The Morgan fingerprint density at radius 3 is 3.05 bits per heavy atom. The lowest BCUT2D eigenvalue weighted by atomic mass is 10.0. The smallest absolute Gasteiger partial charge is 0.287 e. The molecule has 1 heterocycles. The molecule has 1 atom stereocenters. The van der Waals surface area contributed by atoms with Crippen LogP contribution in [0.15, 0.2) is 18.2 Å². The topological polar surface area (TPSA) is 82.2 Å². The van der Waals surface area contributed by atoms with Crippen LogP contribution >= 0.6 is 0 Å². The second-order valence-electron chi connectivity index (χ2n) is 4.98. The average Bonchev–Trinajstić information content (AvgIpc) is 2.47. The minimum Gasteiger partial charge on any atom is -0.381 e. The number of nitriles is 1. The zero-order valence-electron chi connectivity index (χ0n) is 11.5. The minimum absolute atomic E-state index is 0.100. The SMILES string of the molecule is CCN1CCCC(Nc2ccc([N+](=O)[O-])c(C#N)c2)C1. The van der Waals surface area contributed by atoms with Crippen LogP contribution in [0.25, 0.3) is 0 Å². The zero-order valence-corrected chi connectivity index (χ0v) is 11.5. The predicted octanol–water partition coefficient (Wildman–Crippen LogP) is 2.36. The van der Waals surface area contributed by atoms with Crippen LogP contribution in [0.3, 0.4) is 0 Å². The Balaban J connectivity index is 2.10. The standard InChI is InChI=1S/C14H18N4O2/c1-2-17-7-3-4-13(10-17)16-12-5-6-14(18(19)20)11(8-12)9-15/h5-6,8,13,16H,2-4,7,10H2,1H3. The number of nitro benzene ring substituents is 1. The number of likely N-dealkylation sites (tertiary alicyclic amines) is 1. The van der Waals surface area contributed by atoms with E-state index in [-0.39, 0.29) is 11.3 Å². The number of rotatable bonds is 4. The maximum atomic E-state index is 10.8. The highest BCUT2D eigenvalue weighted by Crippen LogP contribution is 2.23. The van der Waals surface area contributed by atoms with Gasteiger partial charge < -0.3 is 10.2 Å². The van der Waals surface area contributed by atoms with Gasteiger partial charge in [-0.05, 0) is 38.1 Å². The first-order valence-electron chi connectivity index (χ1n) is 6.81. The van der Waals surface area contributed by atoms with Crippen LogP contribution in [0, 0.1) is 21.4 Å². The molecule has 0 radical (unpaired) electrons. The molecule has 106 valence electrons. The number of piperidine rings is 1. The van der Waals surface area contributed by atoms with Gasteiger partial charge in [-0.25, -0.2) is 0 Å². The molecular formula is C14H18N4O2. The van der Waals surface area contributed by atoms with Gasteiger partial charge in [0.2, 0.25) is 0 Å². The maximum Gasteiger partial charge on any atom is 0.287 e. The second-order valence-corrected chi connectivity index (χ2v) is 4.98. The summed E-state index contributed by atoms with van der Waals surface area (Å²) in [7, 11) is 0. The van der Waals surface area contributed by atoms with Gasteiger partial charge in [0.05, 0.1) is 4.92 Å². The number of likely N-dealkylation sites (N-methyl/N-ethyl adjacent to an activating group) is 1. The molecule has 0 amide bonds. The molecule has 0 saturated carbocycles. The highest BCUT2D eigenvalue weighted by molar-refractivity contribution is 5.59. The van der Waals surface area contributed by atoms with Gasteiger partial charge in [0.25, 0.3) is 5.69 Å². The summed E-state index contributed by atoms with van der Waals surface area (Å²) >= 11 is 0. The fraction of sp³-hybridized carbons (Fsp3) is 0.500. The first kappa shape index (κ1) is 14.3. The predicted molar refractivity (Wildman–Crippen MR) is 76.6 cm³/mol. The molecule has 6 heteroatoms. The lowest BCUT2D eigenvalue weighted by molar-refractivity contribution is -0.385. The Labute approximate surface area is 118 Å². The van der Waals surface area contributed by atoms with Crippen LogP contribution in [-0.4, -0.2) is 35.5 Å². The number of hydrogen-bond donors (Lipinski definition) is 1. The molecule has 2 rings (SSSR count). The Kier molecular flexibility index (Phi) is 4.53. The van der Waals surface area contributed by atoms with Crippen molar-refractivity contribution in [2.24, 2.45) is 0 Å². The normalized spacial score (nSPS) is 19.3. The highest BCUT2D eigenvalue weighted by atomic mass is 16.6. The van der Waals surface area contributed by atoms with E-state index >= 15 is 0 Å². The molecule has 1 unspecified atom stereocenters. The molecule has 0 spiro atoms. The van der Waals surface area contributed by atoms with E-state index in [9.17, 15) is 10.1 Å². The van der Waals surface area contributed by atoms with Crippen LogP contribution in [0.1, 0.15) is 25.3 Å². The molecule has 20 heavy (non-hydrogen) atoms. The largest absolute Gasteiger partial charge is 0.381 e. The molecule has 1 saturated heterocycles. The van der Waals surface area contributed by atoms with Gasteiger partial charge in [-0.3, -0.25) is 10.1 Å². The summed E-state index contributed by atoms with van der Waals surface area (Å²) in [5, 5.41) is 23.1. The second kappa shape index (κ2) is 6.35. The van der Waals surface area contributed by atoms with Gasteiger partial charge in [0, 0.05) is 24.3 Å². The van der Waals surface area contributed by atoms with Gasteiger partial charge in [-0.2, -0.15) is 5.26 Å². The molecule has 1 aromatic carbocycles. The lowest BCUT2D eigenvalue weighted by Gasteiger charge is -2.32. The van der Waals surface area contributed by atoms with Crippen LogP contribution < -0.4 is 5.32 Å². The van der Waals surface area contributed by atoms with E-state index in [1.165, 1.54) is 6.07 Å². The molecule has 1 fully saturated rings. The summed E-state index contributed by atoms with van der Waals surface area (Å²) in [6, 6.07) is 6.83. The van der Waals surface area contributed by atoms with Gasteiger partial charge in [0.15, 0.2) is 0 Å². The van der Waals surface area contributed by atoms with Gasteiger partial charge >= 0.3 is 0 Å². The van der Waals surface area contributed by atoms with E-state index in [1.54, 1.807) is 12.1 Å². The molecule has 0 aliphatic carbocycles. The van der Waals surface area contributed by atoms with Crippen molar-refractivity contribution < 1.29 is 4.92 Å². The zero-order chi connectivity index (χ0) is 14.5. The number of nitrogens with zero attached hydrogens (tertiary/aromatic N) is 3. The summed E-state index contributed by atoms with van der Waals surface area (Å²) < 4.78 is 0. The molecule has 6 nitrogen and oxygen atoms in total. The van der Waals surface area contributed by atoms with Crippen molar-refractivity contribution in [2.75, 3.05) is 25.0 Å². The van der Waals surface area contributed by atoms with Crippen LogP contribution in [0.4, 0.5) is 11.4 Å². The van der Waals surface area contributed by atoms with Crippen molar-refractivity contribution in [3.05, 3.63) is 33.9 Å². The van der Waals surface area contributed by atoms with Crippen LogP contribution in [0.2, 0.25) is 0 Å². The van der Waals surface area contributed by atoms with E-state index in [0.717, 1.165) is 38.2 Å². The third-order valence-electron chi connectivity index (χ3n) is 3.64. The molecule has 1 aliphatic heterocycles. The Hall–Kier alpha value is -2.13.